The number of carbonyl (C=O) groups excluding carboxylic acids is 1. The molecule has 2 aliphatic rings. The second-order valence-electron chi connectivity index (χ2n) is 5.07. The number of pyridine rings is 1. The van der Waals surface area contributed by atoms with Crippen LogP contribution in [0.1, 0.15) is 29.6 Å². The number of amides is 1. The van der Waals surface area contributed by atoms with Gasteiger partial charge in [-0.1, -0.05) is 0 Å². The first-order valence-electron chi connectivity index (χ1n) is 6.41. The van der Waals surface area contributed by atoms with E-state index in [2.05, 4.69) is 10.3 Å². The van der Waals surface area contributed by atoms with Gasteiger partial charge < -0.3 is 15.8 Å². The van der Waals surface area contributed by atoms with Crippen molar-refractivity contribution < 1.29 is 14.5 Å². The Balaban J connectivity index is 1.80. The zero-order valence-electron chi connectivity index (χ0n) is 10.6. The van der Waals surface area contributed by atoms with Gasteiger partial charge in [-0.2, -0.15) is 0 Å². The van der Waals surface area contributed by atoms with Gasteiger partial charge >= 0.3 is 0 Å². The van der Waals surface area contributed by atoms with Gasteiger partial charge in [-0.05, 0) is 25.3 Å². The van der Waals surface area contributed by atoms with Gasteiger partial charge in [0.05, 0.1) is 23.2 Å². The Hall–Kier alpha value is -2.22. The molecule has 2 saturated heterocycles. The Bertz CT molecular complexity index is 577. The van der Waals surface area contributed by atoms with Crippen molar-refractivity contribution >= 4 is 17.4 Å². The molecule has 106 valence electrons. The molecule has 0 aromatic carbocycles. The zero-order valence-corrected chi connectivity index (χ0v) is 10.6. The molecule has 0 radical (unpaired) electrons. The number of nitrogens with two attached hydrogens (primary N) is 1. The van der Waals surface area contributed by atoms with Gasteiger partial charge in [0, 0.05) is 0 Å². The number of nitro groups is 1. The average molecular weight is 278 g/mol. The first kappa shape index (κ1) is 12.8. The highest BCUT2D eigenvalue weighted by Crippen LogP contribution is 2.34. The van der Waals surface area contributed by atoms with E-state index in [4.69, 9.17) is 10.5 Å². The molecule has 2 fully saturated rings. The van der Waals surface area contributed by atoms with Gasteiger partial charge in [-0.3, -0.25) is 14.9 Å². The van der Waals surface area contributed by atoms with Crippen LogP contribution in [0.2, 0.25) is 0 Å². The highest BCUT2D eigenvalue weighted by Gasteiger charge is 2.41. The number of hydrogen-bond acceptors (Lipinski definition) is 6. The van der Waals surface area contributed by atoms with E-state index in [9.17, 15) is 14.9 Å². The van der Waals surface area contributed by atoms with E-state index >= 15 is 0 Å². The summed E-state index contributed by atoms with van der Waals surface area (Å²) in [6.45, 7) is 0. The van der Waals surface area contributed by atoms with E-state index in [1.165, 1.54) is 6.07 Å². The van der Waals surface area contributed by atoms with E-state index in [1.54, 1.807) is 0 Å². The maximum atomic E-state index is 12.2. The third kappa shape index (κ3) is 2.18. The first-order valence-corrected chi connectivity index (χ1v) is 6.41. The fraction of sp³-hybridized carbons (Fsp3) is 0.500. The van der Waals surface area contributed by atoms with Crippen molar-refractivity contribution in [2.45, 2.75) is 37.5 Å². The first-order chi connectivity index (χ1) is 9.54. The summed E-state index contributed by atoms with van der Waals surface area (Å²) in [5, 5.41) is 13.7. The zero-order chi connectivity index (χ0) is 14.3. The van der Waals surface area contributed by atoms with Crippen LogP contribution in [-0.4, -0.2) is 34.1 Å². The van der Waals surface area contributed by atoms with Crippen LogP contribution < -0.4 is 11.1 Å². The highest BCUT2D eigenvalue weighted by atomic mass is 16.6. The van der Waals surface area contributed by atoms with E-state index < -0.39 is 10.8 Å². The molecule has 8 nitrogen and oxygen atoms in total. The highest BCUT2D eigenvalue weighted by molar-refractivity contribution is 5.98. The third-order valence-corrected chi connectivity index (χ3v) is 3.77. The number of ether oxygens (including phenoxy) is 1. The second kappa shape index (κ2) is 4.71. The number of fused-ring (bicyclic) bond motifs is 2. The number of anilines is 1. The van der Waals surface area contributed by atoms with Gasteiger partial charge in [0.15, 0.2) is 0 Å². The normalized spacial score (nSPS) is 27.5. The Kier molecular flexibility index (Phi) is 3.01. The molecule has 3 atom stereocenters. The number of nitrogens with zero attached hydrogens (tertiary/aromatic N) is 2. The van der Waals surface area contributed by atoms with Crippen molar-refractivity contribution in [3.05, 3.63) is 27.9 Å². The van der Waals surface area contributed by atoms with Crippen molar-refractivity contribution in [1.29, 1.82) is 0 Å². The molecule has 1 aromatic rings. The summed E-state index contributed by atoms with van der Waals surface area (Å²) >= 11 is 0. The number of nitrogen functional groups attached to an aromatic ring is 1. The predicted molar refractivity (Wildman–Crippen MR) is 69.1 cm³/mol. The fourth-order valence-electron chi connectivity index (χ4n) is 2.83. The molecule has 20 heavy (non-hydrogen) atoms. The minimum absolute atomic E-state index is 0.0159. The van der Waals surface area contributed by atoms with Crippen LogP contribution >= 0.6 is 0 Å². The van der Waals surface area contributed by atoms with Gasteiger partial charge in [0.1, 0.15) is 17.6 Å². The molecule has 1 amide bonds. The lowest BCUT2D eigenvalue weighted by atomic mass is 9.95. The molecule has 0 aliphatic carbocycles. The molecule has 3 heterocycles. The molecule has 3 N–H and O–H groups in total. The van der Waals surface area contributed by atoms with Gasteiger partial charge in [-0.25, -0.2) is 4.98 Å². The van der Waals surface area contributed by atoms with Crippen LogP contribution in [0.3, 0.4) is 0 Å². The maximum Gasteiger partial charge on any atom is 0.300 e. The molecule has 3 rings (SSSR count). The van der Waals surface area contributed by atoms with Crippen LogP contribution in [-0.2, 0) is 4.74 Å². The summed E-state index contributed by atoms with van der Waals surface area (Å²) in [6.07, 6.45) is 3.90. The van der Waals surface area contributed by atoms with Crippen molar-refractivity contribution in [2.75, 3.05) is 5.73 Å². The summed E-state index contributed by atoms with van der Waals surface area (Å²) in [5.74, 6) is -0.433. The Morgan fingerprint density at radius 3 is 2.95 bits per heavy atom. The third-order valence-electron chi connectivity index (χ3n) is 3.77. The SMILES string of the molecule is Nc1cc(C(=O)NC2CC3CCC2O3)c([N+](=O)[O-])cn1. The Morgan fingerprint density at radius 2 is 2.35 bits per heavy atom. The summed E-state index contributed by atoms with van der Waals surface area (Å²) < 4.78 is 5.64. The molecular weight excluding hydrogens is 264 g/mol. The van der Waals surface area contributed by atoms with E-state index in [0.29, 0.717) is 0 Å². The maximum absolute atomic E-state index is 12.2. The van der Waals surface area contributed by atoms with Crippen LogP contribution in [0, 0.1) is 10.1 Å². The molecule has 2 bridgehead atoms. The Labute approximate surface area is 114 Å². The minimum Gasteiger partial charge on any atom is -0.384 e. The molecule has 2 aliphatic heterocycles. The topological polar surface area (TPSA) is 120 Å². The van der Waals surface area contributed by atoms with E-state index in [-0.39, 0.29) is 35.3 Å². The monoisotopic (exact) mass is 278 g/mol. The summed E-state index contributed by atoms with van der Waals surface area (Å²) in [4.78, 5) is 26.1. The molecular formula is C12H14N4O4. The minimum atomic E-state index is -0.640. The summed E-state index contributed by atoms with van der Waals surface area (Å²) in [5.41, 5.74) is 5.08. The lowest BCUT2D eigenvalue weighted by Gasteiger charge is -2.19. The second-order valence-corrected chi connectivity index (χ2v) is 5.07. The number of hydrogen-bond donors (Lipinski definition) is 2. The lowest BCUT2D eigenvalue weighted by Crippen LogP contribution is -2.41. The molecule has 8 heteroatoms. The van der Waals surface area contributed by atoms with E-state index in [0.717, 1.165) is 25.5 Å². The summed E-state index contributed by atoms with van der Waals surface area (Å²) in [7, 11) is 0. The van der Waals surface area contributed by atoms with Gasteiger partial charge in [-0.15, -0.1) is 0 Å². The largest absolute Gasteiger partial charge is 0.384 e. The number of aromatic nitrogens is 1. The van der Waals surface area contributed by atoms with Crippen LogP contribution in [0.15, 0.2) is 12.3 Å². The molecule has 3 unspecified atom stereocenters. The Morgan fingerprint density at radius 1 is 1.55 bits per heavy atom. The number of carbonyl (C=O) groups is 1. The number of nitrogens with one attached hydrogen (secondary N) is 1. The van der Waals surface area contributed by atoms with Crippen LogP contribution in [0.5, 0.6) is 0 Å². The fourth-order valence-corrected chi connectivity index (χ4v) is 2.83. The van der Waals surface area contributed by atoms with Gasteiger partial charge in [0.2, 0.25) is 0 Å². The quantitative estimate of drug-likeness (QED) is 0.617. The van der Waals surface area contributed by atoms with Gasteiger partial charge in [0.25, 0.3) is 11.6 Å². The van der Waals surface area contributed by atoms with Crippen molar-refractivity contribution in [2.24, 2.45) is 0 Å². The standard InChI is InChI=1S/C12H14N4O4/c13-11-4-7(9(5-14-11)16(18)19)12(17)15-8-3-6-1-2-10(8)20-6/h4-6,8,10H,1-3H2,(H2,13,14)(H,15,17). The smallest absolute Gasteiger partial charge is 0.300 e. The van der Waals surface area contributed by atoms with Crippen molar-refractivity contribution in [1.82, 2.24) is 10.3 Å². The lowest BCUT2D eigenvalue weighted by molar-refractivity contribution is -0.385. The van der Waals surface area contributed by atoms with Crippen molar-refractivity contribution in [3.8, 4) is 0 Å². The number of rotatable bonds is 3. The molecule has 0 spiro atoms. The molecule has 1 aromatic heterocycles. The van der Waals surface area contributed by atoms with Crippen LogP contribution in [0.4, 0.5) is 11.5 Å². The average Bonchev–Trinajstić information content (AvgIpc) is 3.00. The predicted octanol–water partition coefficient (Wildman–Crippen LogP) is 0.622. The van der Waals surface area contributed by atoms with Crippen LogP contribution in [0.25, 0.3) is 0 Å². The molecule has 0 saturated carbocycles. The van der Waals surface area contributed by atoms with E-state index in [1.807, 2.05) is 0 Å². The summed E-state index contributed by atoms with van der Waals surface area (Å²) in [6, 6.07) is 1.14. The van der Waals surface area contributed by atoms with Crippen molar-refractivity contribution in [3.63, 3.8) is 0 Å².